The maximum absolute atomic E-state index is 11.0. The van der Waals surface area contributed by atoms with Crippen LogP contribution in [0, 0.1) is 0 Å². The van der Waals surface area contributed by atoms with Gasteiger partial charge < -0.3 is 5.73 Å². The molecule has 1 atom stereocenters. The van der Waals surface area contributed by atoms with Crippen molar-refractivity contribution in [2.75, 3.05) is 5.43 Å². The second-order valence-electron chi connectivity index (χ2n) is 2.36. The quantitative estimate of drug-likeness (QED) is 0.623. The van der Waals surface area contributed by atoms with E-state index in [4.69, 9.17) is 5.73 Å². The minimum atomic E-state index is -0.475. The summed E-state index contributed by atoms with van der Waals surface area (Å²) >= 11 is 0. The van der Waals surface area contributed by atoms with Crippen LogP contribution in [0.2, 0.25) is 0 Å². The fraction of sp³-hybridized carbons (Fsp3) is 0.286. The number of hydrogen-bond donors (Lipinski definition) is 2. The van der Waals surface area contributed by atoms with E-state index in [-0.39, 0.29) is 5.91 Å². The average molecular weight is 153 g/mol. The van der Waals surface area contributed by atoms with E-state index in [2.05, 4.69) is 5.43 Å². The van der Waals surface area contributed by atoms with Crippen LogP contribution in [0.3, 0.4) is 0 Å². The summed E-state index contributed by atoms with van der Waals surface area (Å²) in [5.74, 6) is -0.193. The van der Waals surface area contributed by atoms with E-state index < -0.39 is 6.04 Å². The van der Waals surface area contributed by atoms with Crippen LogP contribution in [-0.4, -0.2) is 16.6 Å². The number of aromatic nitrogens is 1. The van der Waals surface area contributed by atoms with Crippen LogP contribution in [0.25, 0.3) is 0 Å². The van der Waals surface area contributed by atoms with Crippen molar-refractivity contribution >= 4 is 5.91 Å². The Kier molecular flexibility index (Phi) is 2.28. The van der Waals surface area contributed by atoms with E-state index in [0.29, 0.717) is 0 Å². The SMILES string of the molecule is C[C@@H](N)C(=O)Nn1cccc1. The molecule has 0 aliphatic heterocycles. The lowest BCUT2D eigenvalue weighted by atomic mass is 10.3. The number of carbonyl (C=O) groups excluding carboxylic acids is 1. The zero-order valence-electron chi connectivity index (χ0n) is 6.32. The monoisotopic (exact) mass is 153 g/mol. The van der Waals surface area contributed by atoms with Crippen molar-refractivity contribution in [2.45, 2.75) is 13.0 Å². The van der Waals surface area contributed by atoms with Gasteiger partial charge in [-0.15, -0.1) is 0 Å². The molecule has 0 saturated heterocycles. The Morgan fingerprint density at radius 3 is 2.55 bits per heavy atom. The molecule has 60 valence electrons. The third-order valence-electron chi connectivity index (χ3n) is 1.26. The third-order valence-corrected chi connectivity index (χ3v) is 1.26. The predicted molar refractivity (Wildman–Crippen MR) is 42.4 cm³/mol. The summed E-state index contributed by atoms with van der Waals surface area (Å²) in [6.45, 7) is 1.64. The molecule has 0 spiro atoms. The third kappa shape index (κ3) is 2.09. The number of nitrogens with two attached hydrogens (primary N) is 1. The van der Waals surface area contributed by atoms with Crippen LogP contribution in [0.5, 0.6) is 0 Å². The summed E-state index contributed by atoms with van der Waals surface area (Å²) in [7, 11) is 0. The molecule has 1 aromatic rings. The topological polar surface area (TPSA) is 60.1 Å². The molecule has 0 saturated carbocycles. The molecular weight excluding hydrogens is 142 g/mol. The number of rotatable bonds is 2. The van der Waals surface area contributed by atoms with Gasteiger partial charge in [-0.2, -0.15) is 0 Å². The molecule has 0 aliphatic carbocycles. The second-order valence-corrected chi connectivity index (χ2v) is 2.36. The van der Waals surface area contributed by atoms with Crippen molar-refractivity contribution in [1.82, 2.24) is 4.68 Å². The van der Waals surface area contributed by atoms with Gasteiger partial charge in [-0.25, -0.2) is 0 Å². The molecule has 1 amide bonds. The number of carbonyl (C=O) groups is 1. The molecule has 1 heterocycles. The van der Waals surface area contributed by atoms with Crippen LogP contribution in [0.4, 0.5) is 0 Å². The molecule has 1 rings (SSSR count). The van der Waals surface area contributed by atoms with Gasteiger partial charge in [0.15, 0.2) is 0 Å². The van der Waals surface area contributed by atoms with Crippen LogP contribution in [0.15, 0.2) is 24.5 Å². The maximum Gasteiger partial charge on any atom is 0.255 e. The van der Waals surface area contributed by atoms with Gasteiger partial charge in [0.1, 0.15) is 0 Å². The first-order valence-corrected chi connectivity index (χ1v) is 3.39. The maximum atomic E-state index is 11.0. The molecule has 4 heteroatoms. The lowest BCUT2D eigenvalue weighted by molar-refractivity contribution is -0.117. The van der Waals surface area contributed by atoms with E-state index in [1.165, 1.54) is 0 Å². The minimum absolute atomic E-state index is 0.193. The van der Waals surface area contributed by atoms with Crippen LogP contribution < -0.4 is 11.2 Å². The van der Waals surface area contributed by atoms with E-state index in [0.717, 1.165) is 0 Å². The summed E-state index contributed by atoms with van der Waals surface area (Å²) in [6, 6.07) is 3.17. The van der Waals surface area contributed by atoms with Gasteiger partial charge in [0, 0.05) is 12.4 Å². The predicted octanol–water partition coefficient (Wildman–Crippen LogP) is -0.0946. The first-order chi connectivity index (χ1) is 5.20. The van der Waals surface area contributed by atoms with Crippen molar-refractivity contribution in [3.63, 3.8) is 0 Å². The lowest BCUT2D eigenvalue weighted by Crippen LogP contribution is -2.36. The van der Waals surface area contributed by atoms with Gasteiger partial charge in [0.05, 0.1) is 6.04 Å². The molecule has 3 N–H and O–H groups in total. The number of hydrogen-bond acceptors (Lipinski definition) is 2. The Bertz CT molecular complexity index is 228. The van der Waals surface area contributed by atoms with Crippen molar-refractivity contribution in [3.8, 4) is 0 Å². The Balaban J connectivity index is 2.50. The minimum Gasteiger partial charge on any atom is -0.320 e. The van der Waals surface area contributed by atoms with Crippen molar-refractivity contribution in [3.05, 3.63) is 24.5 Å². The molecule has 4 nitrogen and oxygen atoms in total. The van der Waals surface area contributed by atoms with Crippen LogP contribution >= 0.6 is 0 Å². The molecule has 11 heavy (non-hydrogen) atoms. The molecule has 0 radical (unpaired) electrons. The van der Waals surface area contributed by atoms with E-state index in [1.54, 1.807) is 24.0 Å². The Morgan fingerprint density at radius 2 is 2.09 bits per heavy atom. The van der Waals surface area contributed by atoms with E-state index >= 15 is 0 Å². The fourth-order valence-electron chi connectivity index (χ4n) is 0.638. The highest BCUT2D eigenvalue weighted by Gasteiger charge is 2.05. The van der Waals surface area contributed by atoms with E-state index in [1.807, 2.05) is 12.1 Å². The summed E-state index contributed by atoms with van der Waals surface area (Å²) in [5.41, 5.74) is 7.90. The summed E-state index contributed by atoms with van der Waals surface area (Å²) < 4.78 is 1.56. The second kappa shape index (κ2) is 3.21. The number of nitrogens with zero attached hydrogens (tertiary/aromatic N) is 1. The van der Waals surface area contributed by atoms with Gasteiger partial charge in [0.25, 0.3) is 5.91 Å². The molecule has 0 unspecified atom stereocenters. The highest BCUT2D eigenvalue weighted by atomic mass is 16.2. The van der Waals surface area contributed by atoms with Crippen molar-refractivity contribution in [2.24, 2.45) is 5.73 Å². The van der Waals surface area contributed by atoms with Crippen LogP contribution in [0.1, 0.15) is 6.92 Å². The fourth-order valence-corrected chi connectivity index (χ4v) is 0.638. The van der Waals surface area contributed by atoms with Gasteiger partial charge >= 0.3 is 0 Å². The molecule has 0 aromatic carbocycles. The zero-order valence-corrected chi connectivity index (χ0v) is 6.32. The van der Waals surface area contributed by atoms with Gasteiger partial charge in [0.2, 0.25) is 0 Å². The summed E-state index contributed by atoms with van der Waals surface area (Å²) in [4.78, 5) is 11.0. The largest absolute Gasteiger partial charge is 0.320 e. The highest BCUT2D eigenvalue weighted by molar-refractivity contribution is 5.88. The lowest BCUT2D eigenvalue weighted by Gasteiger charge is -2.07. The summed E-state index contributed by atoms with van der Waals surface area (Å²) in [5, 5.41) is 0. The molecule has 0 aliphatic rings. The Morgan fingerprint density at radius 1 is 1.55 bits per heavy atom. The smallest absolute Gasteiger partial charge is 0.255 e. The van der Waals surface area contributed by atoms with Gasteiger partial charge in [-0.1, -0.05) is 0 Å². The number of amides is 1. The van der Waals surface area contributed by atoms with Crippen LogP contribution in [-0.2, 0) is 4.79 Å². The Labute approximate surface area is 65.0 Å². The van der Waals surface area contributed by atoms with Gasteiger partial charge in [-0.05, 0) is 19.1 Å². The molecule has 0 fully saturated rings. The normalized spacial score (nSPS) is 12.5. The molecule has 1 aromatic heterocycles. The number of nitrogens with one attached hydrogen (secondary N) is 1. The van der Waals surface area contributed by atoms with Gasteiger partial charge in [-0.3, -0.25) is 14.9 Å². The average Bonchev–Trinajstić information content (AvgIpc) is 2.39. The first-order valence-electron chi connectivity index (χ1n) is 3.39. The van der Waals surface area contributed by atoms with Crippen molar-refractivity contribution in [1.29, 1.82) is 0 Å². The van der Waals surface area contributed by atoms with E-state index in [9.17, 15) is 4.79 Å². The highest BCUT2D eigenvalue weighted by Crippen LogP contribution is 1.86. The molecular formula is C7H11N3O. The first kappa shape index (κ1) is 7.81. The zero-order chi connectivity index (χ0) is 8.27. The standard InChI is InChI=1S/C7H11N3O/c1-6(8)7(11)9-10-4-2-3-5-10/h2-6H,8H2,1H3,(H,9,11)/t6-/m1/s1. The Hall–Kier alpha value is -1.29. The summed E-state index contributed by atoms with van der Waals surface area (Å²) in [6.07, 6.45) is 3.47. The van der Waals surface area contributed by atoms with Crippen molar-refractivity contribution < 1.29 is 4.79 Å². The molecule has 0 bridgehead atoms.